The molecule has 0 aromatic heterocycles. The third kappa shape index (κ3) is 4.99. The Morgan fingerprint density at radius 1 is 1.40 bits per heavy atom. The highest BCUT2D eigenvalue weighted by molar-refractivity contribution is 5.75. The number of anilines is 1. The summed E-state index contributed by atoms with van der Waals surface area (Å²) in [7, 11) is 1.58. The van der Waals surface area contributed by atoms with E-state index in [0.717, 1.165) is 12.1 Å². The molecule has 5 nitrogen and oxygen atoms in total. The number of nitrogens with two attached hydrogens (primary N) is 1. The third-order valence-corrected chi connectivity index (χ3v) is 2.67. The van der Waals surface area contributed by atoms with Gasteiger partial charge in [0, 0.05) is 31.5 Å². The van der Waals surface area contributed by atoms with Crippen molar-refractivity contribution in [2.45, 2.75) is 0 Å². The topological polar surface area (TPSA) is 64.8 Å². The van der Waals surface area contributed by atoms with Crippen molar-refractivity contribution in [3.8, 4) is 5.75 Å². The SMILES string of the molecule is COCCN(C=O)c1ccc(OC/C(=C/F)CN)cc1. The van der Waals surface area contributed by atoms with Crippen molar-refractivity contribution >= 4 is 12.1 Å². The Hall–Kier alpha value is -1.92. The fraction of sp³-hybridized carbons (Fsp3) is 0.357. The van der Waals surface area contributed by atoms with Gasteiger partial charge in [-0.05, 0) is 24.3 Å². The number of hydrogen-bond acceptors (Lipinski definition) is 4. The Bertz CT molecular complexity index is 435. The van der Waals surface area contributed by atoms with Crippen LogP contribution in [0.1, 0.15) is 0 Å². The molecule has 6 heteroatoms. The normalized spacial score (nSPS) is 11.2. The molecule has 0 heterocycles. The molecule has 0 saturated carbocycles. The minimum atomic E-state index is 0.105. The molecule has 1 aromatic carbocycles. The van der Waals surface area contributed by atoms with E-state index >= 15 is 0 Å². The molecule has 0 aliphatic rings. The van der Waals surface area contributed by atoms with E-state index < -0.39 is 0 Å². The summed E-state index contributed by atoms with van der Waals surface area (Å²) in [6.45, 7) is 1.15. The number of amides is 1. The van der Waals surface area contributed by atoms with E-state index in [2.05, 4.69) is 0 Å². The molecule has 110 valence electrons. The molecule has 2 N–H and O–H groups in total. The van der Waals surface area contributed by atoms with Gasteiger partial charge in [0.25, 0.3) is 0 Å². The number of carbonyl (C=O) groups excluding carboxylic acids is 1. The van der Waals surface area contributed by atoms with Crippen molar-refractivity contribution < 1.29 is 18.7 Å². The Morgan fingerprint density at radius 2 is 2.10 bits per heavy atom. The molecule has 0 radical (unpaired) electrons. The lowest BCUT2D eigenvalue weighted by Gasteiger charge is -2.17. The van der Waals surface area contributed by atoms with Gasteiger partial charge in [0.1, 0.15) is 12.4 Å². The first-order valence-corrected chi connectivity index (χ1v) is 6.17. The van der Waals surface area contributed by atoms with E-state index in [9.17, 15) is 9.18 Å². The molecule has 1 amide bonds. The van der Waals surface area contributed by atoms with Gasteiger partial charge in [0.2, 0.25) is 6.41 Å². The average Bonchev–Trinajstić information content (AvgIpc) is 2.50. The summed E-state index contributed by atoms with van der Waals surface area (Å²) in [5.74, 6) is 0.583. The number of nitrogens with zero attached hydrogens (tertiary/aromatic N) is 1. The van der Waals surface area contributed by atoms with Gasteiger partial charge in [-0.1, -0.05) is 0 Å². The van der Waals surface area contributed by atoms with Gasteiger partial charge in [-0.3, -0.25) is 4.79 Å². The van der Waals surface area contributed by atoms with Crippen LogP contribution in [-0.2, 0) is 9.53 Å². The Kier molecular flexibility index (Phi) is 7.31. The van der Waals surface area contributed by atoms with Crippen LogP contribution < -0.4 is 15.4 Å². The van der Waals surface area contributed by atoms with Crippen LogP contribution in [0, 0.1) is 0 Å². The minimum Gasteiger partial charge on any atom is -0.489 e. The van der Waals surface area contributed by atoms with Gasteiger partial charge >= 0.3 is 0 Å². The molecule has 0 aliphatic carbocycles. The summed E-state index contributed by atoms with van der Waals surface area (Å²) in [4.78, 5) is 12.5. The number of carbonyl (C=O) groups is 1. The molecule has 20 heavy (non-hydrogen) atoms. The van der Waals surface area contributed by atoms with Crippen LogP contribution in [0.25, 0.3) is 0 Å². The minimum absolute atomic E-state index is 0.105. The summed E-state index contributed by atoms with van der Waals surface area (Å²) in [6.07, 6.45) is 1.19. The van der Waals surface area contributed by atoms with Crippen molar-refractivity contribution in [3.05, 3.63) is 36.2 Å². The van der Waals surface area contributed by atoms with E-state index in [4.69, 9.17) is 15.2 Å². The first-order valence-electron chi connectivity index (χ1n) is 6.17. The zero-order chi connectivity index (χ0) is 14.8. The summed E-state index contributed by atoms with van der Waals surface area (Å²) in [5.41, 5.74) is 6.45. The van der Waals surface area contributed by atoms with Gasteiger partial charge in [0.15, 0.2) is 0 Å². The van der Waals surface area contributed by atoms with Crippen LogP contribution in [0.15, 0.2) is 36.2 Å². The summed E-state index contributed by atoms with van der Waals surface area (Å²) in [5, 5.41) is 0. The van der Waals surface area contributed by atoms with Gasteiger partial charge in [0.05, 0.1) is 12.9 Å². The highest BCUT2D eigenvalue weighted by Crippen LogP contribution is 2.19. The second kappa shape index (κ2) is 9.06. The standard InChI is InChI=1S/C14H19FN2O3/c1-19-7-6-17(11-18)13-2-4-14(5-3-13)20-10-12(8-15)9-16/h2-5,8,11H,6-7,9-10,16H2,1H3/b12-8+. The summed E-state index contributed by atoms with van der Waals surface area (Å²) in [6, 6.07) is 6.93. The smallest absolute Gasteiger partial charge is 0.214 e. The van der Waals surface area contributed by atoms with E-state index in [1.54, 1.807) is 31.4 Å². The van der Waals surface area contributed by atoms with Crippen LogP contribution in [0.2, 0.25) is 0 Å². The quantitative estimate of drug-likeness (QED) is 0.697. The molecular formula is C14H19FN2O3. The Balaban J connectivity index is 2.61. The molecule has 1 rings (SSSR count). The molecule has 0 unspecified atom stereocenters. The van der Waals surface area contributed by atoms with Gasteiger partial charge in [-0.25, -0.2) is 4.39 Å². The van der Waals surface area contributed by atoms with Crippen molar-refractivity contribution in [1.82, 2.24) is 0 Å². The molecular weight excluding hydrogens is 263 g/mol. The van der Waals surface area contributed by atoms with Gasteiger partial charge in [-0.15, -0.1) is 0 Å². The number of hydrogen-bond donors (Lipinski definition) is 1. The van der Waals surface area contributed by atoms with Crippen molar-refractivity contribution in [1.29, 1.82) is 0 Å². The van der Waals surface area contributed by atoms with Crippen LogP contribution in [0.5, 0.6) is 5.75 Å². The first kappa shape index (κ1) is 16.1. The fourth-order valence-corrected chi connectivity index (χ4v) is 1.48. The van der Waals surface area contributed by atoms with Crippen LogP contribution >= 0.6 is 0 Å². The fourth-order valence-electron chi connectivity index (χ4n) is 1.48. The lowest BCUT2D eigenvalue weighted by molar-refractivity contribution is -0.107. The average molecular weight is 282 g/mol. The lowest BCUT2D eigenvalue weighted by Crippen LogP contribution is -2.25. The third-order valence-electron chi connectivity index (χ3n) is 2.67. The maximum absolute atomic E-state index is 12.3. The van der Waals surface area contributed by atoms with E-state index in [0.29, 0.717) is 30.8 Å². The molecule has 1 aromatic rings. The largest absolute Gasteiger partial charge is 0.489 e. The van der Waals surface area contributed by atoms with Crippen LogP contribution in [0.3, 0.4) is 0 Å². The van der Waals surface area contributed by atoms with E-state index in [1.165, 1.54) is 4.90 Å². The first-order chi connectivity index (χ1) is 9.74. The van der Waals surface area contributed by atoms with Crippen molar-refractivity contribution in [2.75, 3.05) is 38.3 Å². The molecule has 0 saturated heterocycles. The van der Waals surface area contributed by atoms with Gasteiger partial charge < -0.3 is 20.1 Å². The maximum atomic E-state index is 12.3. The second-order valence-electron chi connectivity index (χ2n) is 4.05. The number of benzene rings is 1. The summed E-state index contributed by atoms with van der Waals surface area (Å²) < 4.78 is 22.6. The maximum Gasteiger partial charge on any atom is 0.214 e. The number of ether oxygens (including phenoxy) is 2. The lowest BCUT2D eigenvalue weighted by atomic mass is 10.2. The van der Waals surface area contributed by atoms with Crippen molar-refractivity contribution in [2.24, 2.45) is 5.73 Å². The number of halogens is 1. The highest BCUT2D eigenvalue weighted by Gasteiger charge is 2.05. The monoisotopic (exact) mass is 282 g/mol. The van der Waals surface area contributed by atoms with Crippen LogP contribution in [-0.4, -0.2) is 39.8 Å². The zero-order valence-corrected chi connectivity index (χ0v) is 11.4. The molecule has 0 bridgehead atoms. The highest BCUT2D eigenvalue weighted by atomic mass is 19.1. The van der Waals surface area contributed by atoms with Gasteiger partial charge in [-0.2, -0.15) is 0 Å². The zero-order valence-electron chi connectivity index (χ0n) is 11.4. The predicted octanol–water partition coefficient (Wildman–Crippen LogP) is 1.49. The molecule has 0 aliphatic heterocycles. The number of methoxy groups -OCH3 is 1. The molecule has 0 spiro atoms. The Morgan fingerprint density at radius 3 is 2.60 bits per heavy atom. The van der Waals surface area contributed by atoms with E-state index in [1.807, 2.05) is 0 Å². The Labute approximate surface area is 117 Å². The van der Waals surface area contributed by atoms with Crippen molar-refractivity contribution in [3.63, 3.8) is 0 Å². The number of rotatable bonds is 9. The molecule has 0 fully saturated rings. The summed E-state index contributed by atoms with van der Waals surface area (Å²) >= 11 is 0. The van der Waals surface area contributed by atoms with Crippen LogP contribution in [0.4, 0.5) is 10.1 Å². The molecule has 0 atom stereocenters. The predicted molar refractivity (Wildman–Crippen MR) is 75.5 cm³/mol. The second-order valence-corrected chi connectivity index (χ2v) is 4.05. The van der Waals surface area contributed by atoms with E-state index in [-0.39, 0.29) is 13.2 Å².